The minimum absolute atomic E-state index is 0.00583. The van der Waals surface area contributed by atoms with Crippen molar-refractivity contribution in [1.29, 1.82) is 0 Å². The molecule has 4 aromatic rings. The number of aryl methyl sites for hydroxylation is 1. The van der Waals surface area contributed by atoms with Gasteiger partial charge in [-0.05, 0) is 54.4 Å². The van der Waals surface area contributed by atoms with Crippen LogP contribution < -0.4 is 5.43 Å². The van der Waals surface area contributed by atoms with Crippen molar-refractivity contribution in [3.05, 3.63) is 123 Å². The molecule has 3 aromatic carbocycles. The molecule has 0 aliphatic carbocycles. The Hall–Kier alpha value is -3.43. The first kappa shape index (κ1) is 27.6. The van der Waals surface area contributed by atoms with Crippen molar-refractivity contribution < 1.29 is 17.6 Å². The molecule has 196 valence electrons. The molecule has 0 atom stereocenters. The third kappa shape index (κ3) is 7.33. The van der Waals surface area contributed by atoms with Crippen molar-refractivity contribution in [3.8, 4) is 0 Å². The Morgan fingerprint density at radius 2 is 1.71 bits per heavy atom. The van der Waals surface area contributed by atoms with Crippen LogP contribution in [0.4, 0.5) is 0 Å². The molecular formula is C28H25Cl2N3O4S. The number of furan rings is 1. The Bertz CT molecular complexity index is 1540. The van der Waals surface area contributed by atoms with E-state index < -0.39 is 10.0 Å². The number of hydrogen-bond acceptors (Lipinski definition) is 5. The van der Waals surface area contributed by atoms with Crippen LogP contribution in [0.3, 0.4) is 0 Å². The molecule has 0 aliphatic rings. The third-order valence-corrected chi connectivity index (χ3v) is 8.02. The smallest absolute Gasteiger partial charge is 0.244 e. The van der Waals surface area contributed by atoms with E-state index in [1.165, 1.54) is 10.5 Å². The fraction of sp³-hybridized carbons (Fsp3) is 0.143. The molecule has 1 amide bonds. The lowest BCUT2D eigenvalue weighted by Crippen LogP contribution is -2.30. The van der Waals surface area contributed by atoms with E-state index >= 15 is 0 Å². The number of amides is 1. The zero-order valence-electron chi connectivity index (χ0n) is 20.5. The molecule has 1 aromatic heterocycles. The predicted molar refractivity (Wildman–Crippen MR) is 149 cm³/mol. The number of hydrazone groups is 1. The maximum absolute atomic E-state index is 13.6. The number of carbonyl (C=O) groups excluding carboxylic acids is 1. The van der Waals surface area contributed by atoms with Crippen LogP contribution in [0.1, 0.15) is 28.2 Å². The average molecular weight is 570 g/mol. The number of rotatable bonds is 10. The van der Waals surface area contributed by atoms with Gasteiger partial charge in [-0.2, -0.15) is 9.41 Å². The fourth-order valence-electron chi connectivity index (χ4n) is 3.64. The monoisotopic (exact) mass is 569 g/mol. The van der Waals surface area contributed by atoms with E-state index in [2.05, 4.69) is 10.5 Å². The zero-order valence-corrected chi connectivity index (χ0v) is 22.8. The van der Waals surface area contributed by atoms with E-state index in [1.807, 2.05) is 37.3 Å². The molecule has 10 heteroatoms. The Balaban J connectivity index is 1.50. The summed E-state index contributed by atoms with van der Waals surface area (Å²) < 4.78 is 34.2. The topological polar surface area (TPSA) is 92.0 Å². The van der Waals surface area contributed by atoms with Crippen molar-refractivity contribution in [3.63, 3.8) is 0 Å². The van der Waals surface area contributed by atoms with Gasteiger partial charge in [-0.15, -0.1) is 0 Å². The molecule has 0 unspecified atom stereocenters. The van der Waals surface area contributed by atoms with Crippen LogP contribution in [0.5, 0.6) is 0 Å². The number of sulfonamides is 1. The van der Waals surface area contributed by atoms with Crippen LogP contribution in [0.25, 0.3) is 0 Å². The Kier molecular flexibility index (Phi) is 9.01. The van der Waals surface area contributed by atoms with Crippen LogP contribution in [0.15, 0.2) is 99.3 Å². The summed E-state index contributed by atoms with van der Waals surface area (Å²) in [6.45, 7) is 1.84. The molecule has 4 rings (SSSR count). The Morgan fingerprint density at radius 1 is 0.974 bits per heavy atom. The van der Waals surface area contributed by atoms with Crippen LogP contribution in [0.2, 0.25) is 10.0 Å². The molecule has 0 aliphatic heterocycles. The average Bonchev–Trinajstić information content (AvgIpc) is 3.33. The first-order valence-electron chi connectivity index (χ1n) is 11.7. The Morgan fingerprint density at radius 3 is 2.42 bits per heavy atom. The molecule has 0 spiro atoms. The second-order valence-electron chi connectivity index (χ2n) is 8.58. The SMILES string of the molecule is Cc1ccc(S(=O)(=O)N(Cc2ccc(/C=N\NC(=O)Cc3ccccc3)o2)Cc2ccc(Cl)cc2Cl)cc1. The summed E-state index contributed by atoms with van der Waals surface area (Å²) in [5.41, 5.74) is 4.88. The molecule has 0 fully saturated rings. The van der Waals surface area contributed by atoms with Crippen LogP contribution in [-0.4, -0.2) is 24.8 Å². The van der Waals surface area contributed by atoms with Crippen molar-refractivity contribution in [2.75, 3.05) is 0 Å². The second kappa shape index (κ2) is 12.4. The molecule has 0 saturated carbocycles. The molecule has 0 radical (unpaired) electrons. The highest BCUT2D eigenvalue weighted by atomic mass is 35.5. The van der Waals surface area contributed by atoms with Gasteiger partial charge in [0.2, 0.25) is 15.9 Å². The van der Waals surface area contributed by atoms with Gasteiger partial charge in [-0.1, -0.05) is 77.3 Å². The van der Waals surface area contributed by atoms with Crippen LogP contribution >= 0.6 is 23.2 Å². The van der Waals surface area contributed by atoms with Crippen molar-refractivity contribution in [2.45, 2.75) is 31.3 Å². The highest BCUT2D eigenvalue weighted by Gasteiger charge is 2.27. The number of hydrogen-bond donors (Lipinski definition) is 1. The van der Waals surface area contributed by atoms with Crippen molar-refractivity contribution in [2.24, 2.45) is 5.10 Å². The van der Waals surface area contributed by atoms with E-state index in [-0.39, 0.29) is 30.3 Å². The summed E-state index contributed by atoms with van der Waals surface area (Å²) in [4.78, 5) is 12.2. The van der Waals surface area contributed by atoms with Crippen LogP contribution in [-0.2, 0) is 34.3 Å². The normalized spacial score (nSPS) is 11.8. The van der Waals surface area contributed by atoms with E-state index in [1.54, 1.807) is 54.6 Å². The molecule has 0 saturated heterocycles. The van der Waals surface area contributed by atoms with Gasteiger partial charge in [0.15, 0.2) is 0 Å². The fourth-order valence-corrected chi connectivity index (χ4v) is 5.49. The molecule has 0 bridgehead atoms. The Labute approximate surface area is 231 Å². The first-order chi connectivity index (χ1) is 18.2. The van der Waals surface area contributed by atoms with Gasteiger partial charge in [-0.3, -0.25) is 4.79 Å². The minimum atomic E-state index is -3.90. The summed E-state index contributed by atoms with van der Waals surface area (Å²) >= 11 is 12.4. The lowest BCUT2D eigenvalue weighted by molar-refractivity contribution is -0.120. The van der Waals surface area contributed by atoms with E-state index in [0.29, 0.717) is 27.1 Å². The summed E-state index contributed by atoms with van der Waals surface area (Å²) in [6, 6.07) is 24.2. The number of nitrogens with zero attached hydrogens (tertiary/aromatic N) is 2. The molecular weight excluding hydrogens is 545 g/mol. The number of benzene rings is 3. The van der Waals surface area contributed by atoms with Gasteiger partial charge in [-0.25, -0.2) is 13.8 Å². The van der Waals surface area contributed by atoms with Gasteiger partial charge in [0.25, 0.3) is 0 Å². The largest absolute Gasteiger partial charge is 0.459 e. The van der Waals surface area contributed by atoms with E-state index in [9.17, 15) is 13.2 Å². The van der Waals surface area contributed by atoms with Gasteiger partial charge in [0.05, 0.1) is 24.1 Å². The summed E-state index contributed by atoms with van der Waals surface area (Å²) in [5, 5.41) is 4.76. The standard InChI is InChI=1S/C28H25Cl2N3O4S/c1-20-7-13-26(14-8-20)38(35,36)33(18-22-9-10-23(29)16-27(22)30)19-25-12-11-24(37-25)17-31-32-28(34)15-21-5-3-2-4-6-21/h2-14,16-17H,15,18-19H2,1H3,(H,32,34)/b31-17-. The molecule has 1 heterocycles. The van der Waals surface area contributed by atoms with Gasteiger partial charge >= 0.3 is 0 Å². The molecule has 7 nitrogen and oxygen atoms in total. The van der Waals surface area contributed by atoms with Crippen molar-refractivity contribution >= 4 is 45.3 Å². The van der Waals surface area contributed by atoms with Crippen molar-refractivity contribution in [1.82, 2.24) is 9.73 Å². The number of carbonyl (C=O) groups is 1. The van der Waals surface area contributed by atoms with Gasteiger partial charge in [0, 0.05) is 16.6 Å². The maximum atomic E-state index is 13.6. The van der Waals surface area contributed by atoms with E-state index in [4.69, 9.17) is 27.6 Å². The van der Waals surface area contributed by atoms with Crippen LogP contribution in [0, 0.1) is 6.92 Å². The van der Waals surface area contributed by atoms with E-state index in [0.717, 1.165) is 11.1 Å². The molecule has 38 heavy (non-hydrogen) atoms. The summed E-state index contributed by atoms with van der Waals surface area (Å²) in [5.74, 6) is 0.481. The summed E-state index contributed by atoms with van der Waals surface area (Å²) in [7, 11) is -3.90. The lowest BCUT2D eigenvalue weighted by atomic mass is 10.1. The predicted octanol–water partition coefficient (Wildman–Crippen LogP) is 5.98. The molecule has 1 N–H and O–H groups in total. The highest BCUT2D eigenvalue weighted by Crippen LogP contribution is 2.27. The third-order valence-electron chi connectivity index (χ3n) is 5.62. The lowest BCUT2D eigenvalue weighted by Gasteiger charge is -2.22. The minimum Gasteiger partial charge on any atom is -0.459 e. The maximum Gasteiger partial charge on any atom is 0.244 e. The zero-order chi connectivity index (χ0) is 27.1. The first-order valence-corrected chi connectivity index (χ1v) is 13.9. The second-order valence-corrected chi connectivity index (χ2v) is 11.4. The number of halogens is 2. The quantitative estimate of drug-likeness (QED) is 0.188. The van der Waals surface area contributed by atoms with Gasteiger partial charge < -0.3 is 4.42 Å². The summed E-state index contributed by atoms with van der Waals surface area (Å²) in [6.07, 6.45) is 1.56. The number of nitrogens with one attached hydrogen (secondary N) is 1. The van der Waals surface area contributed by atoms with Gasteiger partial charge in [0.1, 0.15) is 11.5 Å². The highest BCUT2D eigenvalue weighted by molar-refractivity contribution is 7.89.